The largest absolute Gasteiger partial charge is 0.327 e. The molecule has 3 rings (SSSR count). The Morgan fingerprint density at radius 1 is 0.800 bits per heavy atom. The van der Waals surface area contributed by atoms with Crippen molar-refractivity contribution in [2.24, 2.45) is 0 Å². The van der Waals surface area contributed by atoms with E-state index in [1.807, 2.05) is 13.8 Å². The lowest BCUT2D eigenvalue weighted by atomic mass is 10.2. The van der Waals surface area contributed by atoms with Crippen LogP contribution in [-0.4, -0.2) is 21.0 Å². The molecule has 0 radical (unpaired) electrons. The van der Waals surface area contributed by atoms with Crippen LogP contribution in [0.1, 0.15) is 64.6 Å². The van der Waals surface area contributed by atoms with Crippen molar-refractivity contribution in [2.75, 3.05) is 6.54 Å². The highest BCUT2D eigenvalue weighted by Gasteiger charge is 2.15. The summed E-state index contributed by atoms with van der Waals surface area (Å²) >= 11 is 0. The van der Waals surface area contributed by atoms with Crippen LogP contribution in [0.25, 0.3) is 11.4 Å². The number of hydrogen-bond acceptors (Lipinski definition) is 2. The smallest absolute Gasteiger partial charge is 0.140 e. The molecule has 2 aromatic carbocycles. The summed E-state index contributed by atoms with van der Waals surface area (Å²) in [7, 11) is 0. The first kappa shape index (κ1) is 23.9. The number of imidazole rings is 1. The highest BCUT2D eigenvalue weighted by Crippen LogP contribution is 2.22. The van der Waals surface area contributed by atoms with Crippen molar-refractivity contribution in [1.29, 1.82) is 0 Å². The molecule has 0 fully saturated rings. The molecule has 0 spiro atoms. The lowest BCUT2D eigenvalue weighted by Gasteiger charge is -2.23. The fourth-order valence-electron chi connectivity index (χ4n) is 3.59. The van der Waals surface area contributed by atoms with Crippen LogP contribution in [0.4, 0.5) is 0 Å². The number of nitrogens with zero attached hydrogens (tertiary/aromatic N) is 3. The molecule has 1 heterocycles. The Morgan fingerprint density at radius 2 is 1.43 bits per heavy atom. The fourth-order valence-corrected chi connectivity index (χ4v) is 3.59. The lowest BCUT2D eigenvalue weighted by molar-refractivity contribution is 0.246. The maximum absolute atomic E-state index is 4.82. The van der Waals surface area contributed by atoms with Gasteiger partial charge in [-0.05, 0) is 24.9 Å². The van der Waals surface area contributed by atoms with E-state index in [0.717, 1.165) is 32.0 Å². The van der Waals surface area contributed by atoms with Crippen LogP contribution >= 0.6 is 0 Å². The summed E-state index contributed by atoms with van der Waals surface area (Å²) in [6.07, 6.45) is 6.89. The summed E-state index contributed by atoms with van der Waals surface area (Å²) in [5.41, 5.74) is 3.90. The van der Waals surface area contributed by atoms with Crippen molar-refractivity contribution in [3.8, 4) is 11.4 Å². The average Bonchev–Trinajstić information content (AvgIpc) is 3.21. The van der Waals surface area contributed by atoms with Crippen LogP contribution in [0, 0.1) is 0 Å². The SMILES string of the molecule is CC.CCCCN(Cc1ccccc1)Cc1cnc(-c2ccccc2)n1CCCC. The minimum absolute atomic E-state index is 0.943. The first-order valence-electron chi connectivity index (χ1n) is 11.7. The van der Waals surface area contributed by atoms with Gasteiger partial charge in [-0.15, -0.1) is 0 Å². The number of unbranched alkanes of at least 4 members (excludes halogenated alkanes) is 2. The van der Waals surface area contributed by atoms with E-state index in [1.165, 1.54) is 42.5 Å². The van der Waals surface area contributed by atoms with Crippen molar-refractivity contribution in [3.63, 3.8) is 0 Å². The van der Waals surface area contributed by atoms with Gasteiger partial charge in [0.25, 0.3) is 0 Å². The van der Waals surface area contributed by atoms with Crippen molar-refractivity contribution >= 4 is 0 Å². The molecule has 3 nitrogen and oxygen atoms in total. The van der Waals surface area contributed by atoms with Gasteiger partial charge in [0.05, 0.1) is 11.9 Å². The number of aromatic nitrogens is 2. The van der Waals surface area contributed by atoms with Gasteiger partial charge in [0.15, 0.2) is 0 Å². The van der Waals surface area contributed by atoms with Crippen LogP contribution in [-0.2, 0) is 19.6 Å². The highest BCUT2D eigenvalue weighted by molar-refractivity contribution is 5.55. The molecular formula is C27H39N3. The minimum Gasteiger partial charge on any atom is -0.327 e. The van der Waals surface area contributed by atoms with Crippen molar-refractivity contribution in [3.05, 3.63) is 78.1 Å². The van der Waals surface area contributed by atoms with Gasteiger partial charge in [-0.2, -0.15) is 0 Å². The molecule has 0 aliphatic heterocycles. The van der Waals surface area contributed by atoms with E-state index in [1.54, 1.807) is 0 Å². The molecule has 30 heavy (non-hydrogen) atoms. The van der Waals surface area contributed by atoms with Gasteiger partial charge in [-0.25, -0.2) is 4.98 Å². The van der Waals surface area contributed by atoms with Crippen LogP contribution in [0.3, 0.4) is 0 Å². The summed E-state index contributed by atoms with van der Waals surface area (Å²) in [5.74, 6) is 1.10. The van der Waals surface area contributed by atoms with E-state index in [0.29, 0.717) is 0 Å². The van der Waals surface area contributed by atoms with E-state index in [9.17, 15) is 0 Å². The third kappa shape index (κ3) is 7.14. The predicted molar refractivity (Wildman–Crippen MR) is 129 cm³/mol. The van der Waals surface area contributed by atoms with Crippen molar-refractivity contribution in [1.82, 2.24) is 14.5 Å². The average molecular weight is 406 g/mol. The second kappa shape index (κ2) is 13.8. The van der Waals surface area contributed by atoms with Gasteiger partial charge in [-0.1, -0.05) is 101 Å². The van der Waals surface area contributed by atoms with Crippen LogP contribution in [0.5, 0.6) is 0 Å². The molecule has 162 valence electrons. The second-order valence-electron chi connectivity index (χ2n) is 7.49. The summed E-state index contributed by atoms with van der Waals surface area (Å²) in [5, 5.41) is 0. The topological polar surface area (TPSA) is 21.1 Å². The standard InChI is InChI=1S/C25H33N3.C2H6/c1-3-5-17-27(20-22-13-9-7-10-14-22)21-24-19-26-25(28(24)18-6-4-2)23-15-11-8-12-16-23;1-2/h7-16,19H,3-6,17-18,20-21H2,1-2H3;1-2H3. The zero-order valence-electron chi connectivity index (χ0n) is 19.3. The van der Waals surface area contributed by atoms with Crippen LogP contribution < -0.4 is 0 Å². The van der Waals surface area contributed by atoms with E-state index in [-0.39, 0.29) is 0 Å². The fraction of sp³-hybridized carbons (Fsp3) is 0.444. The maximum atomic E-state index is 4.82. The monoisotopic (exact) mass is 405 g/mol. The lowest BCUT2D eigenvalue weighted by Crippen LogP contribution is -2.25. The van der Waals surface area contributed by atoms with Crippen LogP contribution in [0.2, 0.25) is 0 Å². The zero-order chi connectivity index (χ0) is 21.6. The van der Waals surface area contributed by atoms with Gasteiger partial charge in [-0.3, -0.25) is 4.90 Å². The molecule has 1 aromatic heterocycles. The first-order chi connectivity index (χ1) is 14.8. The number of hydrogen-bond donors (Lipinski definition) is 0. The Balaban J connectivity index is 0.00000155. The molecule has 0 bridgehead atoms. The molecular weight excluding hydrogens is 366 g/mol. The molecule has 0 saturated heterocycles. The van der Waals surface area contributed by atoms with E-state index >= 15 is 0 Å². The molecule has 0 amide bonds. The maximum Gasteiger partial charge on any atom is 0.140 e. The number of rotatable bonds is 11. The summed E-state index contributed by atoms with van der Waals surface area (Å²) < 4.78 is 2.43. The zero-order valence-corrected chi connectivity index (χ0v) is 19.3. The Morgan fingerprint density at radius 3 is 2.07 bits per heavy atom. The van der Waals surface area contributed by atoms with E-state index < -0.39 is 0 Å². The Kier molecular flexibility index (Phi) is 11.0. The van der Waals surface area contributed by atoms with Crippen LogP contribution in [0.15, 0.2) is 66.9 Å². The number of benzene rings is 2. The molecule has 0 N–H and O–H groups in total. The molecule has 3 heteroatoms. The summed E-state index contributed by atoms with van der Waals surface area (Å²) in [6.45, 7) is 12.6. The minimum atomic E-state index is 0.943. The van der Waals surface area contributed by atoms with Gasteiger partial charge < -0.3 is 4.57 Å². The molecule has 3 aromatic rings. The molecule has 0 saturated carbocycles. The first-order valence-corrected chi connectivity index (χ1v) is 11.7. The van der Waals surface area contributed by atoms with E-state index in [2.05, 4.69) is 90.2 Å². The Bertz CT molecular complexity index is 809. The quantitative estimate of drug-likeness (QED) is 0.337. The van der Waals surface area contributed by atoms with Gasteiger partial charge in [0.2, 0.25) is 0 Å². The third-order valence-corrected chi connectivity index (χ3v) is 5.17. The van der Waals surface area contributed by atoms with Gasteiger partial charge >= 0.3 is 0 Å². The Labute approximate surface area is 183 Å². The summed E-state index contributed by atoms with van der Waals surface area (Å²) in [4.78, 5) is 7.38. The van der Waals surface area contributed by atoms with Gasteiger partial charge in [0.1, 0.15) is 5.82 Å². The second-order valence-corrected chi connectivity index (χ2v) is 7.49. The summed E-state index contributed by atoms with van der Waals surface area (Å²) in [6, 6.07) is 21.4. The predicted octanol–water partition coefficient (Wildman–Crippen LogP) is 7.18. The van der Waals surface area contributed by atoms with Crippen molar-refractivity contribution in [2.45, 2.75) is 73.0 Å². The van der Waals surface area contributed by atoms with Gasteiger partial charge in [0, 0.05) is 25.2 Å². The molecule has 0 aliphatic rings. The highest BCUT2D eigenvalue weighted by atomic mass is 15.2. The van der Waals surface area contributed by atoms with Crippen molar-refractivity contribution < 1.29 is 0 Å². The third-order valence-electron chi connectivity index (χ3n) is 5.17. The molecule has 0 atom stereocenters. The normalized spacial score (nSPS) is 10.7. The van der Waals surface area contributed by atoms with E-state index in [4.69, 9.17) is 4.98 Å². The molecule has 0 aliphatic carbocycles. The Hall–Kier alpha value is -2.39. The molecule has 0 unspecified atom stereocenters.